The van der Waals surface area contributed by atoms with Crippen molar-refractivity contribution in [2.45, 2.75) is 25.6 Å². The van der Waals surface area contributed by atoms with Crippen molar-refractivity contribution in [3.05, 3.63) is 35.1 Å². The summed E-state index contributed by atoms with van der Waals surface area (Å²) >= 11 is 0. The van der Waals surface area contributed by atoms with Crippen LogP contribution < -0.4 is 0 Å². The van der Waals surface area contributed by atoms with Gasteiger partial charge in [0.05, 0.1) is 17.5 Å². The van der Waals surface area contributed by atoms with Crippen LogP contribution >= 0.6 is 0 Å². The van der Waals surface area contributed by atoms with Gasteiger partial charge in [-0.25, -0.2) is 17.6 Å². The van der Waals surface area contributed by atoms with Crippen molar-refractivity contribution in [3.63, 3.8) is 0 Å². The van der Waals surface area contributed by atoms with Gasteiger partial charge >= 0.3 is 6.03 Å². The van der Waals surface area contributed by atoms with Crippen LogP contribution in [-0.4, -0.2) is 79.9 Å². The highest BCUT2D eigenvalue weighted by atomic mass is 32.2. The fourth-order valence-corrected chi connectivity index (χ4v) is 5.78. The zero-order valence-electron chi connectivity index (χ0n) is 14.8. The maximum atomic E-state index is 13.3. The van der Waals surface area contributed by atoms with Gasteiger partial charge in [-0.15, -0.1) is 0 Å². The number of piperazine rings is 1. The van der Waals surface area contributed by atoms with E-state index in [2.05, 4.69) is 4.90 Å². The number of carbonyl (C=O) groups is 1. The van der Waals surface area contributed by atoms with Crippen LogP contribution in [0.4, 0.5) is 9.18 Å². The first-order valence-corrected chi connectivity index (χ1v) is 10.2. The van der Waals surface area contributed by atoms with Gasteiger partial charge in [0.15, 0.2) is 9.84 Å². The Kier molecular flexibility index (Phi) is 4.76. The van der Waals surface area contributed by atoms with Crippen LogP contribution in [0.1, 0.15) is 11.1 Å². The second-order valence-electron chi connectivity index (χ2n) is 7.12. The zero-order chi connectivity index (χ0) is 18.4. The molecule has 8 heteroatoms. The van der Waals surface area contributed by atoms with Gasteiger partial charge in [-0.2, -0.15) is 0 Å². The van der Waals surface area contributed by atoms with E-state index in [0.717, 1.165) is 11.1 Å². The minimum atomic E-state index is -3.18. The number of rotatable bonds is 2. The van der Waals surface area contributed by atoms with E-state index in [-0.39, 0.29) is 35.4 Å². The van der Waals surface area contributed by atoms with E-state index in [1.54, 1.807) is 25.1 Å². The molecule has 2 fully saturated rings. The minimum absolute atomic E-state index is 0.0101. The standard InChI is InChI=1S/C17H24FN3O3S/c1-12-8-14(18)5-4-13(12)9-20-6-7-21(17(22)19(2)3)16-11-25(23,24)10-15(16)20/h4-5,8,15-16H,6-7,9-11H2,1-3H3/t15-,16+/m0/s1. The topological polar surface area (TPSA) is 60.9 Å². The number of fused-ring (bicyclic) bond motifs is 1. The predicted molar refractivity (Wildman–Crippen MR) is 93.6 cm³/mol. The lowest BCUT2D eigenvalue weighted by Gasteiger charge is -2.44. The van der Waals surface area contributed by atoms with Crippen molar-refractivity contribution >= 4 is 15.9 Å². The molecule has 6 nitrogen and oxygen atoms in total. The number of nitrogens with zero attached hydrogens (tertiary/aromatic N) is 3. The number of halogens is 1. The third-order valence-electron chi connectivity index (χ3n) is 5.10. The number of hydrogen-bond acceptors (Lipinski definition) is 4. The van der Waals surface area contributed by atoms with Crippen molar-refractivity contribution in [3.8, 4) is 0 Å². The van der Waals surface area contributed by atoms with E-state index in [1.165, 1.54) is 17.0 Å². The molecule has 2 atom stereocenters. The quantitative estimate of drug-likeness (QED) is 0.783. The van der Waals surface area contributed by atoms with Crippen LogP contribution in [0.3, 0.4) is 0 Å². The van der Waals surface area contributed by atoms with Gasteiger partial charge in [-0.05, 0) is 30.2 Å². The SMILES string of the molecule is Cc1cc(F)ccc1CN1CCN(C(=O)N(C)C)[C@@H]2CS(=O)(=O)C[C@@H]21. The number of sulfone groups is 1. The lowest BCUT2D eigenvalue weighted by atomic mass is 10.0. The third-order valence-corrected chi connectivity index (χ3v) is 6.80. The summed E-state index contributed by atoms with van der Waals surface area (Å²) < 4.78 is 37.8. The molecule has 0 saturated carbocycles. The van der Waals surface area contributed by atoms with E-state index in [1.807, 2.05) is 6.92 Å². The summed E-state index contributed by atoms with van der Waals surface area (Å²) in [7, 11) is 0.174. The van der Waals surface area contributed by atoms with Gasteiger partial charge in [0.1, 0.15) is 5.82 Å². The Morgan fingerprint density at radius 2 is 1.92 bits per heavy atom. The maximum absolute atomic E-state index is 13.3. The van der Waals surface area contributed by atoms with Crippen LogP contribution in [0.25, 0.3) is 0 Å². The van der Waals surface area contributed by atoms with Gasteiger partial charge in [0.2, 0.25) is 0 Å². The van der Waals surface area contributed by atoms with Crippen molar-refractivity contribution in [2.24, 2.45) is 0 Å². The van der Waals surface area contributed by atoms with E-state index < -0.39 is 9.84 Å². The molecule has 3 rings (SSSR count). The first kappa shape index (κ1) is 18.1. The van der Waals surface area contributed by atoms with Gasteiger partial charge in [-0.1, -0.05) is 6.07 Å². The summed E-state index contributed by atoms with van der Waals surface area (Å²) in [4.78, 5) is 17.7. The molecule has 1 aromatic carbocycles. The van der Waals surface area contributed by atoms with E-state index in [0.29, 0.717) is 19.6 Å². The number of urea groups is 1. The van der Waals surface area contributed by atoms with Gasteiger partial charge in [0, 0.05) is 39.8 Å². The second-order valence-corrected chi connectivity index (χ2v) is 9.28. The molecule has 1 aromatic rings. The molecule has 2 saturated heterocycles. The van der Waals surface area contributed by atoms with Crippen LogP contribution in [0, 0.1) is 12.7 Å². The molecular weight excluding hydrogens is 345 g/mol. The molecule has 2 amide bonds. The Hall–Kier alpha value is -1.67. The molecule has 0 radical (unpaired) electrons. The summed E-state index contributed by atoms with van der Waals surface area (Å²) in [6.45, 7) is 3.51. The van der Waals surface area contributed by atoms with E-state index >= 15 is 0 Å². The van der Waals surface area contributed by atoms with Crippen LogP contribution in [0.15, 0.2) is 18.2 Å². The first-order chi connectivity index (χ1) is 11.7. The summed E-state index contributed by atoms with van der Waals surface area (Å²) in [6.07, 6.45) is 0. The highest BCUT2D eigenvalue weighted by Gasteiger charge is 2.48. The first-order valence-electron chi connectivity index (χ1n) is 8.35. The smallest absolute Gasteiger partial charge is 0.319 e. The Labute approximate surface area is 148 Å². The van der Waals surface area contributed by atoms with Gasteiger partial charge in [0.25, 0.3) is 0 Å². The van der Waals surface area contributed by atoms with Gasteiger partial charge in [-0.3, -0.25) is 4.90 Å². The van der Waals surface area contributed by atoms with E-state index in [9.17, 15) is 17.6 Å². The molecule has 0 aliphatic carbocycles. The van der Waals surface area contributed by atoms with Crippen molar-refractivity contribution in [1.82, 2.24) is 14.7 Å². The Morgan fingerprint density at radius 3 is 2.56 bits per heavy atom. The summed E-state index contributed by atoms with van der Waals surface area (Å²) in [5, 5.41) is 0. The number of hydrogen-bond donors (Lipinski definition) is 0. The number of aryl methyl sites for hydroxylation is 1. The second kappa shape index (κ2) is 6.57. The Bertz CT molecular complexity index is 781. The highest BCUT2D eigenvalue weighted by Crippen LogP contribution is 2.29. The number of carbonyl (C=O) groups excluding carboxylic acids is 1. The average Bonchev–Trinajstić information content (AvgIpc) is 2.84. The maximum Gasteiger partial charge on any atom is 0.319 e. The average molecular weight is 369 g/mol. The summed E-state index contributed by atoms with van der Waals surface area (Å²) in [5.41, 5.74) is 1.83. The van der Waals surface area contributed by atoms with Crippen molar-refractivity contribution < 1.29 is 17.6 Å². The molecule has 2 aliphatic rings. The van der Waals surface area contributed by atoms with Crippen LogP contribution in [-0.2, 0) is 16.4 Å². The Balaban J connectivity index is 1.84. The number of amides is 2. The van der Waals surface area contributed by atoms with Crippen LogP contribution in [0.2, 0.25) is 0 Å². The molecule has 0 N–H and O–H groups in total. The molecule has 0 unspecified atom stereocenters. The fourth-order valence-electron chi connectivity index (χ4n) is 3.77. The predicted octanol–water partition coefficient (Wildman–Crippen LogP) is 1.10. The molecule has 2 aliphatic heterocycles. The normalized spacial score (nSPS) is 25.7. The Morgan fingerprint density at radius 1 is 1.24 bits per heavy atom. The lowest BCUT2D eigenvalue weighted by molar-refractivity contribution is 0.0519. The molecule has 0 spiro atoms. The van der Waals surface area contributed by atoms with Crippen molar-refractivity contribution in [2.75, 3.05) is 38.7 Å². The molecule has 0 aromatic heterocycles. The lowest BCUT2D eigenvalue weighted by Crippen LogP contribution is -2.61. The van der Waals surface area contributed by atoms with Crippen molar-refractivity contribution in [1.29, 1.82) is 0 Å². The molecule has 0 bridgehead atoms. The third kappa shape index (κ3) is 3.64. The fraction of sp³-hybridized carbons (Fsp3) is 0.588. The largest absolute Gasteiger partial charge is 0.331 e. The number of benzene rings is 1. The van der Waals surface area contributed by atoms with Gasteiger partial charge < -0.3 is 9.80 Å². The van der Waals surface area contributed by atoms with Crippen LogP contribution in [0.5, 0.6) is 0 Å². The van der Waals surface area contributed by atoms with E-state index in [4.69, 9.17) is 0 Å². The molecular formula is C17H24FN3O3S. The molecule has 138 valence electrons. The monoisotopic (exact) mass is 369 g/mol. The molecule has 25 heavy (non-hydrogen) atoms. The minimum Gasteiger partial charge on any atom is -0.331 e. The zero-order valence-corrected chi connectivity index (χ0v) is 15.6. The summed E-state index contributed by atoms with van der Waals surface area (Å²) in [6, 6.07) is 3.98. The highest BCUT2D eigenvalue weighted by molar-refractivity contribution is 7.91. The summed E-state index contributed by atoms with van der Waals surface area (Å²) in [5.74, 6) is -0.199. The molecule has 2 heterocycles.